The molecule has 0 aliphatic heterocycles. The van der Waals surface area contributed by atoms with Crippen LogP contribution in [0, 0.1) is 6.92 Å². The van der Waals surface area contributed by atoms with E-state index >= 15 is 0 Å². The summed E-state index contributed by atoms with van der Waals surface area (Å²) in [5.74, 6) is -0.102. The molecule has 0 atom stereocenters. The van der Waals surface area contributed by atoms with Crippen molar-refractivity contribution in [1.29, 1.82) is 0 Å². The number of carbonyl (C=O) groups excluding carboxylic acids is 1. The minimum atomic E-state index is -0.102. The Bertz CT molecular complexity index is 602. The molecule has 1 aromatic heterocycles. The Morgan fingerprint density at radius 2 is 2.26 bits per heavy atom. The summed E-state index contributed by atoms with van der Waals surface area (Å²) in [5.41, 5.74) is 8.49. The third-order valence-corrected chi connectivity index (χ3v) is 3.75. The summed E-state index contributed by atoms with van der Waals surface area (Å²) in [4.78, 5) is 12.9. The molecule has 1 amide bonds. The highest BCUT2D eigenvalue weighted by Gasteiger charge is 2.01. The van der Waals surface area contributed by atoms with Gasteiger partial charge >= 0.3 is 0 Å². The Kier molecular flexibility index (Phi) is 4.36. The fourth-order valence-electron chi connectivity index (χ4n) is 1.65. The monoisotopic (exact) mass is 272 g/mol. The van der Waals surface area contributed by atoms with Gasteiger partial charge in [-0.25, -0.2) is 0 Å². The van der Waals surface area contributed by atoms with E-state index in [-0.39, 0.29) is 5.91 Å². The standard InChI is InChI=1S/C15H16N2OS/c1-11-7-8-19-14(11)10-17-15(18)6-5-12-3-2-4-13(16)9-12/h2-9H,10,16H2,1H3,(H,17,18)/b6-5+. The predicted molar refractivity (Wildman–Crippen MR) is 80.8 cm³/mol. The van der Waals surface area contributed by atoms with E-state index in [1.54, 1.807) is 17.4 Å². The number of hydrogen-bond acceptors (Lipinski definition) is 3. The van der Waals surface area contributed by atoms with Crippen LogP contribution in [0.4, 0.5) is 5.69 Å². The minimum Gasteiger partial charge on any atom is -0.399 e. The van der Waals surface area contributed by atoms with Crippen molar-refractivity contribution in [1.82, 2.24) is 5.32 Å². The van der Waals surface area contributed by atoms with Crippen LogP contribution in [-0.4, -0.2) is 5.91 Å². The summed E-state index contributed by atoms with van der Waals surface area (Å²) in [6, 6.07) is 9.46. The Balaban J connectivity index is 1.89. The van der Waals surface area contributed by atoms with Gasteiger partial charge in [0.2, 0.25) is 5.91 Å². The number of thiophene rings is 1. The Morgan fingerprint density at radius 1 is 1.42 bits per heavy atom. The highest BCUT2D eigenvalue weighted by molar-refractivity contribution is 7.10. The van der Waals surface area contributed by atoms with Crippen molar-refractivity contribution in [3.05, 3.63) is 57.8 Å². The van der Waals surface area contributed by atoms with E-state index in [9.17, 15) is 4.79 Å². The van der Waals surface area contributed by atoms with Gasteiger partial charge in [-0.15, -0.1) is 11.3 Å². The first-order chi connectivity index (χ1) is 9.15. The molecule has 3 N–H and O–H groups in total. The van der Waals surface area contributed by atoms with Crippen LogP contribution in [0.3, 0.4) is 0 Å². The number of aryl methyl sites for hydroxylation is 1. The molecule has 0 bridgehead atoms. The zero-order valence-electron chi connectivity index (χ0n) is 10.7. The smallest absolute Gasteiger partial charge is 0.244 e. The summed E-state index contributed by atoms with van der Waals surface area (Å²) in [6.45, 7) is 2.62. The predicted octanol–water partition coefficient (Wildman–Crippen LogP) is 2.97. The molecular weight excluding hydrogens is 256 g/mol. The summed E-state index contributed by atoms with van der Waals surface area (Å²) < 4.78 is 0. The van der Waals surface area contributed by atoms with Crippen molar-refractivity contribution in [2.45, 2.75) is 13.5 Å². The molecule has 98 valence electrons. The molecule has 0 spiro atoms. The Labute approximate surface area is 116 Å². The number of nitrogen functional groups attached to an aromatic ring is 1. The largest absolute Gasteiger partial charge is 0.399 e. The Hall–Kier alpha value is -2.07. The molecule has 0 aliphatic carbocycles. The average molecular weight is 272 g/mol. The second-order valence-electron chi connectivity index (χ2n) is 4.25. The van der Waals surface area contributed by atoms with Gasteiger partial charge in [-0.3, -0.25) is 4.79 Å². The van der Waals surface area contributed by atoms with Gasteiger partial charge in [0, 0.05) is 16.6 Å². The molecule has 19 heavy (non-hydrogen) atoms. The van der Waals surface area contributed by atoms with E-state index in [0.717, 1.165) is 5.56 Å². The van der Waals surface area contributed by atoms with Gasteiger partial charge in [0.25, 0.3) is 0 Å². The number of nitrogens with two attached hydrogens (primary N) is 1. The molecule has 2 aromatic rings. The maximum Gasteiger partial charge on any atom is 0.244 e. The lowest BCUT2D eigenvalue weighted by Crippen LogP contribution is -2.19. The van der Waals surface area contributed by atoms with Crippen molar-refractivity contribution in [2.24, 2.45) is 0 Å². The molecular formula is C15H16N2OS. The molecule has 0 fully saturated rings. The lowest BCUT2D eigenvalue weighted by molar-refractivity contribution is -0.116. The molecule has 0 saturated heterocycles. The van der Waals surface area contributed by atoms with E-state index in [4.69, 9.17) is 5.73 Å². The maximum absolute atomic E-state index is 11.7. The quantitative estimate of drug-likeness (QED) is 0.664. The van der Waals surface area contributed by atoms with E-state index in [0.29, 0.717) is 12.2 Å². The third kappa shape index (κ3) is 3.96. The van der Waals surface area contributed by atoms with E-state index < -0.39 is 0 Å². The summed E-state index contributed by atoms with van der Waals surface area (Å²) in [5, 5.41) is 4.89. The van der Waals surface area contributed by atoms with E-state index in [1.807, 2.05) is 36.6 Å². The number of benzene rings is 1. The maximum atomic E-state index is 11.7. The van der Waals surface area contributed by atoms with Gasteiger partial charge in [0.1, 0.15) is 0 Å². The van der Waals surface area contributed by atoms with Crippen molar-refractivity contribution < 1.29 is 4.79 Å². The topological polar surface area (TPSA) is 55.1 Å². The van der Waals surface area contributed by atoms with Gasteiger partial charge in [-0.05, 0) is 47.7 Å². The molecule has 4 heteroatoms. The van der Waals surface area contributed by atoms with Crippen LogP contribution in [0.15, 0.2) is 41.8 Å². The number of anilines is 1. The number of amides is 1. The SMILES string of the molecule is Cc1ccsc1CNC(=O)/C=C/c1cccc(N)c1. The average Bonchev–Trinajstić information content (AvgIpc) is 2.80. The van der Waals surface area contributed by atoms with Crippen LogP contribution >= 0.6 is 11.3 Å². The van der Waals surface area contributed by atoms with Crippen LogP contribution in [0.25, 0.3) is 6.08 Å². The van der Waals surface area contributed by atoms with Gasteiger partial charge < -0.3 is 11.1 Å². The first kappa shape index (κ1) is 13.4. The van der Waals surface area contributed by atoms with Crippen LogP contribution < -0.4 is 11.1 Å². The Morgan fingerprint density at radius 3 is 2.95 bits per heavy atom. The van der Waals surface area contributed by atoms with Gasteiger partial charge in [-0.2, -0.15) is 0 Å². The van der Waals surface area contributed by atoms with Crippen LogP contribution in [0.5, 0.6) is 0 Å². The zero-order chi connectivity index (χ0) is 13.7. The lowest BCUT2D eigenvalue weighted by Gasteiger charge is -2.01. The molecule has 1 heterocycles. The zero-order valence-corrected chi connectivity index (χ0v) is 11.5. The van der Waals surface area contributed by atoms with Crippen molar-refractivity contribution in [3.8, 4) is 0 Å². The normalized spacial score (nSPS) is 10.8. The number of nitrogens with one attached hydrogen (secondary N) is 1. The van der Waals surface area contributed by atoms with E-state index in [2.05, 4.69) is 11.4 Å². The van der Waals surface area contributed by atoms with Crippen LogP contribution in [0.2, 0.25) is 0 Å². The fraction of sp³-hybridized carbons (Fsp3) is 0.133. The highest BCUT2D eigenvalue weighted by Crippen LogP contribution is 2.14. The summed E-state index contributed by atoms with van der Waals surface area (Å²) >= 11 is 1.65. The summed E-state index contributed by atoms with van der Waals surface area (Å²) in [6.07, 6.45) is 3.28. The molecule has 2 rings (SSSR count). The molecule has 0 saturated carbocycles. The van der Waals surface area contributed by atoms with Crippen molar-refractivity contribution in [2.75, 3.05) is 5.73 Å². The second kappa shape index (κ2) is 6.20. The fourth-order valence-corrected chi connectivity index (χ4v) is 2.49. The van der Waals surface area contributed by atoms with Crippen molar-refractivity contribution >= 4 is 29.0 Å². The third-order valence-electron chi connectivity index (χ3n) is 2.73. The van der Waals surface area contributed by atoms with Crippen LogP contribution in [-0.2, 0) is 11.3 Å². The van der Waals surface area contributed by atoms with Crippen LogP contribution in [0.1, 0.15) is 16.0 Å². The molecule has 1 aromatic carbocycles. The number of rotatable bonds is 4. The molecule has 0 radical (unpaired) electrons. The number of carbonyl (C=O) groups is 1. The highest BCUT2D eigenvalue weighted by atomic mass is 32.1. The van der Waals surface area contributed by atoms with E-state index in [1.165, 1.54) is 16.5 Å². The van der Waals surface area contributed by atoms with Gasteiger partial charge in [0.05, 0.1) is 6.54 Å². The minimum absolute atomic E-state index is 0.102. The summed E-state index contributed by atoms with van der Waals surface area (Å²) in [7, 11) is 0. The van der Waals surface area contributed by atoms with Crippen molar-refractivity contribution in [3.63, 3.8) is 0 Å². The molecule has 0 unspecified atom stereocenters. The molecule has 0 aliphatic rings. The van der Waals surface area contributed by atoms with Gasteiger partial charge in [-0.1, -0.05) is 12.1 Å². The lowest BCUT2D eigenvalue weighted by atomic mass is 10.2. The van der Waals surface area contributed by atoms with Gasteiger partial charge in [0.15, 0.2) is 0 Å². The first-order valence-corrected chi connectivity index (χ1v) is 6.87. The second-order valence-corrected chi connectivity index (χ2v) is 5.25. The first-order valence-electron chi connectivity index (χ1n) is 5.99. The number of hydrogen-bond donors (Lipinski definition) is 2. The molecule has 3 nitrogen and oxygen atoms in total.